The third-order valence-electron chi connectivity index (χ3n) is 0.793. The summed E-state index contributed by atoms with van der Waals surface area (Å²) in [6.45, 7) is 3.43. The third kappa shape index (κ3) is 4.14. The highest BCUT2D eigenvalue weighted by Gasteiger charge is 2.04. The number of carbonyl (C=O) groups is 1. The second kappa shape index (κ2) is 5.05. The molecule has 1 N–H and O–H groups in total. The van der Waals surface area contributed by atoms with Gasteiger partial charge in [0.1, 0.15) is 0 Å². The monoisotopic (exact) mass is 160 g/mol. The molecular weight excluding hydrogens is 150 g/mol. The molecule has 0 aromatic carbocycles. The lowest BCUT2D eigenvalue weighted by Crippen LogP contribution is -2.15. The van der Waals surface area contributed by atoms with E-state index in [0.717, 1.165) is 0 Å². The molecule has 0 saturated heterocycles. The molecule has 0 unspecified atom stereocenters. The van der Waals surface area contributed by atoms with Crippen LogP contribution in [-0.2, 0) is 4.79 Å². The van der Waals surface area contributed by atoms with E-state index >= 15 is 0 Å². The topological polar surface area (TPSA) is 40.3 Å². The maximum Gasteiger partial charge on any atom is 0.370 e. The minimum absolute atomic E-state index is 0.0235. The van der Waals surface area contributed by atoms with E-state index in [1.165, 1.54) is 22.5 Å². The van der Waals surface area contributed by atoms with Crippen molar-refractivity contribution in [3.8, 4) is 0 Å². The standard InChI is InChI=1S/C6H9NO2S/c1-3-7(5-10-2)4-6(8)9/h3,5H,1,4H2,2H3/p+1. The Morgan fingerprint density at radius 3 is 2.80 bits per heavy atom. The van der Waals surface area contributed by atoms with Gasteiger partial charge in [0.2, 0.25) is 12.1 Å². The molecule has 0 radical (unpaired) electrons. The van der Waals surface area contributed by atoms with E-state index in [0.29, 0.717) is 0 Å². The minimum atomic E-state index is -0.856. The maximum absolute atomic E-state index is 10.1. The number of rotatable bonds is 4. The molecule has 0 amide bonds. The predicted octanol–water partition coefficient (Wildman–Crippen LogP) is 0.618. The molecule has 10 heavy (non-hydrogen) atoms. The number of carboxylic acid groups (broad SMARTS) is 1. The molecule has 56 valence electrons. The van der Waals surface area contributed by atoms with Gasteiger partial charge in [-0.15, -0.1) is 0 Å². The molecule has 3 nitrogen and oxygen atoms in total. The van der Waals surface area contributed by atoms with Gasteiger partial charge >= 0.3 is 5.97 Å². The number of hydrogen-bond donors (Lipinski definition) is 1. The molecule has 0 atom stereocenters. The van der Waals surface area contributed by atoms with E-state index in [-0.39, 0.29) is 6.54 Å². The maximum atomic E-state index is 10.1. The normalized spacial score (nSPS) is 11.1. The first-order chi connectivity index (χ1) is 4.70. The van der Waals surface area contributed by atoms with E-state index < -0.39 is 5.97 Å². The fraction of sp³-hybridized carbons (Fsp3) is 0.333. The molecule has 0 spiro atoms. The Kier molecular flexibility index (Phi) is 4.66. The van der Waals surface area contributed by atoms with Gasteiger partial charge in [0.25, 0.3) is 0 Å². The number of hydrogen-bond acceptors (Lipinski definition) is 2. The van der Waals surface area contributed by atoms with E-state index in [9.17, 15) is 4.79 Å². The number of carboxylic acids is 1. The van der Waals surface area contributed by atoms with Crippen molar-refractivity contribution in [3.63, 3.8) is 0 Å². The fourth-order valence-electron chi connectivity index (χ4n) is 0.436. The average Bonchev–Trinajstić information content (AvgIpc) is 1.86. The van der Waals surface area contributed by atoms with Crippen LogP contribution < -0.4 is 0 Å². The van der Waals surface area contributed by atoms with Gasteiger partial charge in [-0.1, -0.05) is 11.8 Å². The van der Waals surface area contributed by atoms with Crippen LogP contribution in [0.5, 0.6) is 0 Å². The second-order valence-corrected chi connectivity index (χ2v) is 2.27. The molecule has 0 rings (SSSR count). The Labute approximate surface area is 64.1 Å². The van der Waals surface area contributed by atoms with Gasteiger partial charge in [0.15, 0.2) is 6.20 Å². The summed E-state index contributed by atoms with van der Waals surface area (Å²) in [6.07, 6.45) is 3.34. The van der Waals surface area contributed by atoms with Crippen molar-refractivity contribution in [1.82, 2.24) is 0 Å². The summed E-state index contributed by atoms with van der Waals surface area (Å²) in [4.78, 5) is 10.1. The first kappa shape index (κ1) is 9.23. The third-order valence-corrected chi connectivity index (χ3v) is 1.27. The van der Waals surface area contributed by atoms with Gasteiger partial charge in [-0.05, 0) is 12.8 Å². The molecule has 0 bridgehead atoms. The van der Waals surface area contributed by atoms with Crippen LogP contribution in [0.2, 0.25) is 0 Å². The summed E-state index contributed by atoms with van der Waals surface area (Å²) in [6, 6.07) is 0. The molecule has 0 aliphatic rings. The van der Waals surface area contributed by atoms with E-state index in [1.807, 2.05) is 6.26 Å². The molecule has 0 aromatic rings. The van der Waals surface area contributed by atoms with Gasteiger partial charge in [0, 0.05) is 0 Å². The molecule has 0 fully saturated rings. The molecule has 0 aromatic heterocycles. The van der Waals surface area contributed by atoms with Crippen LogP contribution in [0.4, 0.5) is 0 Å². The molecule has 0 saturated carbocycles. The van der Waals surface area contributed by atoms with Crippen molar-refractivity contribution in [2.75, 3.05) is 12.8 Å². The van der Waals surface area contributed by atoms with Crippen LogP contribution in [0, 0.1) is 0 Å². The molecular formula is C6H10NO2S+. The summed E-state index contributed by atoms with van der Waals surface area (Å²) in [5.74, 6) is -0.856. The Morgan fingerprint density at radius 1 is 1.90 bits per heavy atom. The number of thioether (sulfide) groups is 1. The van der Waals surface area contributed by atoms with Crippen molar-refractivity contribution in [3.05, 3.63) is 12.8 Å². The SMILES string of the molecule is C=C[N+](=CSC)CC(=O)O. The van der Waals surface area contributed by atoms with Crippen LogP contribution in [0.25, 0.3) is 0 Å². The molecule has 4 heteroatoms. The van der Waals surface area contributed by atoms with Crippen molar-refractivity contribution >= 4 is 23.3 Å². The fourth-order valence-corrected chi connectivity index (χ4v) is 0.868. The second-order valence-electron chi connectivity index (χ2n) is 1.59. The van der Waals surface area contributed by atoms with Crippen LogP contribution >= 0.6 is 11.8 Å². The van der Waals surface area contributed by atoms with Crippen LogP contribution in [0.15, 0.2) is 12.8 Å². The van der Waals surface area contributed by atoms with Crippen LogP contribution in [0.1, 0.15) is 0 Å². The lowest BCUT2D eigenvalue weighted by Gasteiger charge is -1.89. The summed E-state index contributed by atoms with van der Waals surface area (Å²) in [5.41, 5.74) is 1.70. The van der Waals surface area contributed by atoms with Crippen molar-refractivity contribution in [2.24, 2.45) is 0 Å². The first-order valence-electron chi connectivity index (χ1n) is 2.67. The molecule has 0 heterocycles. The summed E-state index contributed by atoms with van der Waals surface area (Å²) >= 11 is 1.44. The summed E-state index contributed by atoms with van der Waals surface area (Å²) in [5, 5.41) is 8.32. The van der Waals surface area contributed by atoms with Crippen molar-refractivity contribution in [1.29, 1.82) is 0 Å². The van der Waals surface area contributed by atoms with E-state index in [4.69, 9.17) is 5.11 Å². The first-order valence-corrected chi connectivity index (χ1v) is 3.95. The van der Waals surface area contributed by atoms with Gasteiger partial charge in [-0.25, -0.2) is 4.79 Å². The Bertz CT molecular complexity index is 165. The number of nitrogens with zero attached hydrogens (tertiary/aromatic N) is 1. The molecule has 0 aliphatic heterocycles. The smallest absolute Gasteiger partial charge is 0.370 e. The van der Waals surface area contributed by atoms with Gasteiger partial charge < -0.3 is 5.11 Å². The minimum Gasteiger partial charge on any atom is -0.477 e. The van der Waals surface area contributed by atoms with Crippen molar-refractivity contribution < 1.29 is 14.5 Å². The lowest BCUT2D eigenvalue weighted by molar-refractivity contribution is -0.439. The zero-order valence-electron chi connectivity index (χ0n) is 5.78. The Morgan fingerprint density at radius 2 is 2.50 bits per heavy atom. The van der Waals surface area contributed by atoms with Crippen molar-refractivity contribution in [2.45, 2.75) is 0 Å². The zero-order valence-corrected chi connectivity index (χ0v) is 6.60. The average molecular weight is 160 g/mol. The van der Waals surface area contributed by atoms with E-state index in [1.54, 1.807) is 5.55 Å². The summed E-state index contributed by atoms with van der Waals surface area (Å²) in [7, 11) is 0. The van der Waals surface area contributed by atoms with Crippen LogP contribution in [0.3, 0.4) is 0 Å². The zero-order chi connectivity index (χ0) is 7.98. The number of aliphatic carboxylic acids is 1. The van der Waals surface area contributed by atoms with Gasteiger partial charge in [0.05, 0.1) is 0 Å². The van der Waals surface area contributed by atoms with Gasteiger partial charge in [-0.2, -0.15) is 4.58 Å². The Hall–Kier alpha value is -0.770. The van der Waals surface area contributed by atoms with Gasteiger partial charge in [-0.3, -0.25) is 0 Å². The Balaban J connectivity index is 3.95. The summed E-state index contributed by atoms with van der Waals surface area (Å²) < 4.78 is 1.51. The lowest BCUT2D eigenvalue weighted by atomic mass is 10.6. The largest absolute Gasteiger partial charge is 0.477 e. The highest BCUT2D eigenvalue weighted by molar-refractivity contribution is 8.11. The van der Waals surface area contributed by atoms with Crippen LogP contribution in [-0.4, -0.2) is 34.0 Å². The van der Waals surface area contributed by atoms with E-state index in [2.05, 4.69) is 6.58 Å². The predicted molar refractivity (Wildman–Crippen MR) is 42.5 cm³/mol. The molecule has 0 aliphatic carbocycles. The highest BCUT2D eigenvalue weighted by atomic mass is 32.2. The highest BCUT2D eigenvalue weighted by Crippen LogP contribution is 1.85. The quantitative estimate of drug-likeness (QED) is 0.372.